The lowest BCUT2D eigenvalue weighted by Crippen LogP contribution is -2.37. The van der Waals surface area contributed by atoms with Gasteiger partial charge in [-0.25, -0.2) is 14.0 Å². The van der Waals surface area contributed by atoms with Gasteiger partial charge in [-0.3, -0.25) is 4.79 Å². The van der Waals surface area contributed by atoms with Gasteiger partial charge in [-0.1, -0.05) is 24.3 Å². The smallest absolute Gasteiger partial charge is 0.339 e. The van der Waals surface area contributed by atoms with Crippen LogP contribution in [0.3, 0.4) is 0 Å². The van der Waals surface area contributed by atoms with Crippen LogP contribution in [0.2, 0.25) is 0 Å². The largest absolute Gasteiger partial charge is 0.465 e. The lowest BCUT2D eigenvalue weighted by atomic mass is 10.1. The van der Waals surface area contributed by atoms with Gasteiger partial charge < -0.3 is 14.4 Å². The van der Waals surface area contributed by atoms with Crippen molar-refractivity contribution in [1.82, 2.24) is 4.90 Å². The molecule has 7 heteroatoms. The van der Waals surface area contributed by atoms with Gasteiger partial charge in [0.15, 0.2) is 6.10 Å². The van der Waals surface area contributed by atoms with Crippen molar-refractivity contribution < 1.29 is 28.2 Å². The lowest BCUT2D eigenvalue weighted by molar-refractivity contribution is -0.139. The Labute approximate surface area is 156 Å². The number of esters is 2. The van der Waals surface area contributed by atoms with Crippen LogP contribution in [0, 0.1) is 5.82 Å². The summed E-state index contributed by atoms with van der Waals surface area (Å²) in [6.07, 6.45) is -1.08. The third-order valence-corrected chi connectivity index (χ3v) is 3.87. The first-order valence-electron chi connectivity index (χ1n) is 8.21. The van der Waals surface area contributed by atoms with Crippen LogP contribution in [0.5, 0.6) is 0 Å². The molecule has 0 aliphatic carbocycles. The average Bonchev–Trinajstić information content (AvgIpc) is 2.66. The van der Waals surface area contributed by atoms with Gasteiger partial charge in [-0.2, -0.15) is 0 Å². The van der Waals surface area contributed by atoms with Gasteiger partial charge >= 0.3 is 11.9 Å². The number of amides is 1. The molecule has 0 N–H and O–H groups in total. The fraction of sp³-hybridized carbons (Fsp3) is 0.250. The molecule has 27 heavy (non-hydrogen) atoms. The predicted octanol–water partition coefficient (Wildman–Crippen LogP) is 2.82. The number of methoxy groups -OCH3 is 1. The Kier molecular flexibility index (Phi) is 6.65. The molecule has 6 nitrogen and oxygen atoms in total. The zero-order valence-corrected chi connectivity index (χ0v) is 15.3. The molecule has 0 spiro atoms. The molecule has 0 saturated carbocycles. The number of rotatable bonds is 6. The van der Waals surface area contributed by atoms with Crippen LogP contribution in [0.15, 0.2) is 48.5 Å². The normalized spacial score (nSPS) is 11.4. The monoisotopic (exact) mass is 373 g/mol. The highest BCUT2D eigenvalue weighted by molar-refractivity contribution is 6.03. The maximum atomic E-state index is 13.3. The Balaban J connectivity index is 2.05. The van der Waals surface area contributed by atoms with Crippen LogP contribution < -0.4 is 0 Å². The van der Waals surface area contributed by atoms with Gasteiger partial charge in [0.25, 0.3) is 5.91 Å². The van der Waals surface area contributed by atoms with Crippen LogP contribution in [0.1, 0.15) is 33.2 Å². The number of halogens is 1. The molecule has 0 aliphatic rings. The van der Waals surface area contributed by atoms with Crippen molar-refractivity contribution in [3.05, 3.63) is 71.0 Å². The summed E-state index contributed by atoms with van der Waals surface area (Å²) in [6.45, 7) is 1.60. The second-order valence-corrected chi connectivity index (χ2v) is 5.91. The predicted molar refractivity (Wildman–Crippen MR) is 95.5 cm³/mol. The standard InChI is InChI=1S/C20H20FNO5/c1-13(18(23)22(2)12-14-7-6-8-15(21)11-14)27-20(25)17-10-5-4-9-16(17)19(24)26-3/h4-11,13H,12H2,1-3H3. The van der Waals surface area contributed by atoms with Gasteiger partial charge in [0.2, 0.25) is 0 Å². The Morgan fingerprint density at radius 3 is 2.26 bits per heavy atom. The van der Waals surface area contributed by atoms with E-state index in [4.69, 9.17) is 4.74 Å². The summed E-state index contributed by atoms with van der Waals surface area (Å²) in [5.41, 5.74) is 0.676. The maximum absolute atomic E-state index is 13.3. The molecule has 2 aromatic rings. The fourth-order valence-corrected chi connectivity index (χ4v) is 2.52. The highest BCUT2D eigenvalue weighted by Crippen LogP contribution is 2.14. The van der Waals surface area contributed by atoms with Crippen molar-refractivity contribution in [1.29, 1.82) is 0 Å². The molecule has 0 radical (unpaired) electrons. The Morgan fingerprint density at radius 2 is 1.67 bits per heavy atom. The molecular formula is C20H20FNO5. The van der Waals surface area contributed by atoms with Crippen LogP contribution >= 0.6 is 0 Å². The van der Waals surface area contributed by atoms with Gasteiger partial charge in [-0.05, 0) is 36.8 Å². The van der Waals surface area contributed by atoms with Crippen molar-refractivity contribution in [3.8, 4) is 0 Å². The summed E-state index contributed by atoms with van der Waals surface area (Å²) in [5.74, 6) is -2.34. The maximum Gasteiger partial charge on any atom is 0.339 e. The number of nitrogens with zero attached hydrogens (tertiary/aromatic N) is 1. The minimum absolute atomic E-state index is 0.0109. The van der Waals surface area contributed by atoms with Gasteiger partial charge in [0.1, 0.15) is 5.82 Å². The van der Waals surface area contributed by atoms with Crippen LogP contribution in [-0.4, -0.2) is 43.0 Å². The van der Waals surface area contributed by atoms with Gasteiger partial charge in [-0.15, -0.1) is 0 Å². The number of ether oxygens (including phenoxy) is 2. The third-order valence-electron chi connectivity index (χ3n) is 3.87. The summed E-state index contributed by atoms with van der Waals surface area (Å²) < 4.78 is 23.1. The van der Waals surface area contributed by atoms with E-state index >= 15 is 0 Å². The molecule has 1 unspecified atom stereocenters. The van der Waals surface area contributed by atoms with Crippen molar-refractivity contribution in [2.24, 2.45) is 0 Å². The molecule has 142 valence electrons. The summed E-state index contributed by atoms with van der Waals surface area (Å²) in [6, 6.07) is 11.9. The molecule has 0 bridgehead atoms. The lowest BCUT2D eigenvalue weighted by Gasteiger charge is -2.22. The Morgan fingerprint density at radius 1 is 1.04 bits per heavy atom. The summed E-state index contributed by atoms with van der Waals surface area (Å²) in [7, 11) is 2.73. The highest BCUT2D eigenvalue weighted by Gasteiger charge is 2.25. The first-order chi connectivity index (χ1) is 12.8. The molecule has 0 aliphatic heterocycles. The highest BCUT2D eigenvalue weighted by atomic mass is 19.1. The second kappa shape index (κ2) is 8.93. The first kappa shape index (κ1) is 20.1. The molecule has 0 fully saturated rings. The quantitative estimate of drug-likeness (QED) is 0.728. The number of likely N-dealkylation sites (N-methyl/N-ethyl adjacent to an activating group) is 1. The van der Waals surface area contributed by atoms with E-state index in [9.17, 15) is 18.8 Å². The van der Waals surface area contributed by atoms with E-state index in [0.29, 0.717) is 5.56 Å². The van der Waals surface area contributed by atoms with E-state index in [2.05, 4.69) is 4.74 Å². The molecule has 0 aromatic heterocycles. The van der Waals surface area contributed by atoms with E-state index in [1.165, 1.54) is 50.2 Å². The van der Waals surface area contributed by atoms with Crippen molar-refractivity contribution in [3.63, 3.8) is 0 Å². The molecule has 1 amide bonds. The Hall–Kier alpha value is -3.22. The van der Waals surface area contributed by atoms with Crippen LogP contribution in [-0.2, 0) is 20.8 Å². The summed E-state index contributed by atoms with van der Waals surface area (Å²) in [5, 5.41) is 0. The van der Waals surface area contributed by atoms with E-state index in [0.717, 1.165) is 0 Å². The average molecular weight is 373 g/mol. The topological polar surface area (TPSA) is 72.9 Å². The number of carbonyl (C=O) groups is 3. The van der Waals surface area contributed by atoms with Crippen molar-refractivity contribution >= 4 is 17.8 Å². The van der Waals surface area contributed by atoms with Crippen LogP contribution in [0.25, 0.3) is 0 Å². The third kappa shape index (κ3) is 5.13. The SMILES string of the molecule is COC(=O)c1ccccc1C(=O)OC(C)C(=O)N(C)Cc1cccc(F)c1. The molecule has 2 rings (SSSR count). The van der Waals surface area contributed by atoms with Crippen molar-refractivity contribution in [2.45, 2.75) is 19.6 Å². The molecular weight excluding hydrogens is 353 g/mol. The zero-order valence-electron chi connectivity index (χ0n) is 15.3. The minimum atomic E-state index is -1.08. The number of hydrogen-bond acceptors (Lipinski definition) is 5. The van der Waals surface area contributed by atoms with E-state index in [1.807, 2.05) is 0 Å². The minimum Gasteiger partial charge on any atom is -0.465 e. The fourth-order valence-electron chi connectivity index (χ4n) is 2.52. The van der Waals surface area contributed by atoms with E-state index < -0.39 is 29.8 Å². The second-order valence-electron chi connectivity index (χ2n) is 5.91. The number of carbonyl (C=O) groups excluding carboxylic acids is 3. The summed E-state index contributed by atoms with van der Waals surface area (Å²) >= 11 is 0. The van der Waals surface area contributed by atoms with E-state index in [1.54, 1.807) is 24.3 Å². The molecule has 2 aromatic carbocycles. The molecule has 0 saturated heterocycles. The number of hydrogen-bond donors (Lipinski definition) is 0. The van der Waals surface area contributed by atoms with Crippen molar-refractivity contribution in [2.75, 3.05) is 14.2 Å². The van der Waals surface area contributed by atoms with E-state index in [-0.39, 0.29) is 17.7 Å². The number of benzene rings is 2. The molecule has 1 atom stereocenters. The van der Waals surface area contributed by atoms with Gasteiger partial charge in [0, 0.05) is 13.6 Å². The Bertz CT molecular complexity index is 852. The molecule has 0 heterocycles. The zero-order chi connectivity index (χ0) is 20.0. The first-order valence-corrected chi connectivity index (χ1v) is 8.21. The summed E-state index contributed by atoms with van der Waals surface area (Å²) in [4.78, 5) is 37.9. The van der Waals surface area contributed by atoms with Gasteiger partial charge in [0.05, 0.1) is 18.2 Å². The van der Waals surface area contributed by atoms with Crippen LogP contribution in [0.4, 0.5) is 4.39 Å².